The molecule has 3 aromatic carbocycles. The lowest BCUT2D eigenvalue weighted by Crippen LogP contribution is -2.29. The number of hydrogen-bond acceptors (Lipinski definition) is 5. The van der Waals surface area contributed by atoms with Gasteiger partial charge in [-0.2, -0.15) is 0 Å². The van der Waals surface area contributed by atoms with E-state index in [-0.39, 0.29) is 28.5 Å². The second kappa shape index (κ2) is 7.16. The summed E-state index contributed by atoms with van der Waals surface area (Å²) in [4.78, 5) is 27.0. The zero-order valence-electron chi connectivity index (χ0n) is 15.2. The van der Waals surface area contributed by atoms with Crippen LogP contribution >= 0.6 is 0 Å². The number of phenols is 2. The summed E-state index contributed by atoms with van der Waals surface area (Å²) < 4.78 is 0. The van der Waals surface area contributed by atoms with Crippen molar-refractivity contribution in [2.45, 2.75) is 6.04 Å². The third-order valence-corrected chi connectivity index (χ3v) is 4.84. The van der Waals surface area contributed by atoms with Crippen LogP contribution in [-0.2, 0) is 9.59 Å². The number of phenolic OH excluding ortho intramolecular Hbond substituents is 2. The fraction of sp³-hybridized carbons (Fsp3) is 0.0435. The predicted octanol–water partition coefficient (Wildman–Crippen LogP) is 3.72. The summed E-state index contributed by atoms with van der Waals surface area (Å²) in [6, 6.07) is 19.7. The van der Waals surface area contributed by atoms with Gasteiger partial charge in [-0.15, -0.1) is 0 Å². The Morgan fingerprint density at radius 2 is 1.41 bits per heavy atom. The van der Waals surface area contributed by atoms with Crippen LogP contribution < -0.4 is 4.90 Å². The van der Waals surface area contributed by atoms with Crippen LogP contribution in [0.1, 0.15) is 17.2 Å². The summed E-state index contributed by atoms with van der Waals surface area (Å²) >= 11 is 0. The first-order chi connectivity index (χ1) is 14.0. The van der Waals surface area contributed by atoms with Crippen LogP contribution in [0.2, 0.25) is 0 Å². The second-order valence-electron chi connectivity index (χ2n) is 6.62. The minimum Gasteiger partial charge on any atom is -0.508 e. The molecule has 0 bridgehead atoms. The van der Waals surface area contributed by atoms with E-state index < -0.39 is 17.7 Å². The van der Waals surface area contributed by atoms with Crippen molar-refractivity contribution in [3.05, 3.63) is 95.6 Å². The SMILES string of the molecule is O=C1C(=O)N(c2ccccc2O)C(c2ccc(O)cc2)/C1=C(\O)c1ccccc1. The van der Waals surface area contributed by atoms with Gasteiger partial charge in [-0.05, 0) is 29.8 Å². The molecule has 0 aliphatic carbocycles. The average Bonchev–Trinajstić information content (AvgIpc) is 3.00. The summed E-state index contributed by atoms with van der Waals surface area (Å²) in [5.74, 6) is -2.16. The van der Waals surface area contributed by atoms with Gasteiger partial charge < -0.3 is 15.3 Å². The maximum atomic E-state index is 12.9. The van der Waals surface area contributed by atoms with Crippen molar-refractivity contribution >= 4 is 23.1 Å². The monoisotopic (exact) mass is 387 g/mol. The van der Waals surface area contributed by atoms with Gasteiger partial charge in [0.25, 0.3) is 11.7 Å². The van der Waals surface area contributed by atoms with Gasteiger partial charge in [-0.25, -0.2) is 0 Å². The summed E-state index contributed by atoms with van der Waals surface area (Å²) in [7, 11) is 0. The summed E-state index contributed by atoms with van der Waals surface area (Å²) in [5.41, 5.74) is 0.962. The van der Waals surface area contributed by atoms with Crippen LogP contribution in [-0.4, -0.2) is 27.0 Å². The minimum absolute atomic E-state index is 0.0244. The molecule has 6 nitrogen and oxygen atoms in total. The number of anilines is 1. The first-order valence-electron chi connectivity index (χ1n) is 8.92. The van der Waals surface area contributed by atoms with Crippen molar-refractivity contribution in [3.63, 3.8) is 0 Å². The first kappa shape index (κ1) is 18.3. The van der Waals surface area contributed by atoms with Crippen molar-refractivity contribution < 1.29 is 24.9 Å². The highest BCUT2D eigenvalue weighted by molar-refractivity contribution is 6.51. The topological polar surface area (TPSA) is 98.1 Å². The van der Waals surface area contributed by atoms with Crippen molar-refractivity contribution in [1.82, 2.24) is 0 Å². The fourth-order valence-corrected chi connectivity index (χ4v) is 3.47. The van der Waals surface area contributed by atoms with Crippen molar-refractivity contribution in [2.75, 3.05) is 4.90 Å². The number of carbonyl (C=O) groups excluding carboxylic acids is 2. The van der Waals surface area contributed by atoms with Crippen LogP contribution in [0.15, 0.2) is 84.4 Å². The second-order valence-corrected chi connectivity index (χ2v) is 6.62. The molecule has 1 heterocycles. The molecule has 6 heteroatoms. The zero-order valence-corrected chi connectivity index (χ0v) is 15.2. The minimum atomic E-state index is -0.968. The van der Waals surface area contributed by atoms with Crippen LogP contribution in [0.25, 0.3) is 5.76 Å². The number of Topliss-reactive ketones (excluding diaryl/α,β-unsaturated/α-hetero) is 1. The molecule has 0 aromatic heterocycles. The van der Waals surface area contributed by atoms with Gasteiger partial charge in [0.05, 0.1) is 17.3 Å². The van der Waals surface area contributed by atoms with Gasteiger partial charge in [-0.1, -0.05) is 54.6 Å². The molecule has 0 radical (unpaired) electrons. The number of aliphatic hydroxyl groups is 1. The lowest BCUT2D eigenvalue weighted by atomic mass is 9.95. The molecule has 4 rings (SSSR count). The number of ketones is 1. The number of nitrogens with zero attached hydrogens (tertiary/aromatic N) is 1. The van der Waals surface area contributed by atoms with E-state index in [1.54, 1.807) is 54.6 Å². The highest BCUT2D eigenvalue weighted by atomic mass is 16.3. The number of aromatic hydroxyl groups is 2. The van der Waals surface area contributed by atoms with Crippen molar-refractivity contribution in [2.24, 2.45) is 0 Å². The molecule has 144 valence electrons. The van der Waals surface area contributed by atoms with E-state index >= 15 is 0 Å². The molecule has 1 amide bonds. The molecule has 1 aliphatic rings. The number of amides is 1. The van der Waals surface area contributed by atoms with Gasteiger partial charge >= 0.3 is 0 Å². The highest BCUT2D eigenvalue weighted by Crippen LogP contribution is 2.44. The van der Waals surface area contributed by atoms with Crippen LogP contribution in [0.5, 0.6) is 11.5 Å². The van der Waals surface area contributed by atoms with Gasteiger partial charge in [0.2, 0.25) is 0 Å². The number of rotatable bonds is 3. The standard InChI is InChI=1S/C23H17NO5/c25-16-12-10-14(11-13-16)20-19(21(27)15-6-2-1-3-7-15)22(28)23(29)24(20)17-8-4-5-9-18(17)26/h1-13,20,25-27H/b21-19+. The lowest BCUT2D eigenvalue weighted by molar-refractivity contribution is -0.132. The van der Waals surface area contributed by atoms with Gasteiger partial charge in [0.1, 0.15) is 17.3 Å². The number of aliphatic hydroxyl groups excluding tert-OH is 1. The molecular weight excluding hydrogens is 370 g/mol. The smallest absolute Gasteiger partial charge is 0.300 e. The Morgan fingerprint density at radius 3 is 2.07 bits per heavy atom. The van der Waals surface area contributed by atoms with E-state index in [4.69, 9.17) is 0 Å². The zero-order chi connectivity index (χ0) is 20.5. The molecule has 1 saturated heterocycles. The van der Waals surface area contributed by atoms with Crippen molar-refractivity contribution in [1.29, 1.82) is 0 Å². The Bertz CT molecular complexity index is 1120. The molecule has 0 saturated carbocycles. The normalized spacial score (nSPS) is 18.2. The fourth-order valence-electron chi connectivity index (χ4n) is 3.47. The molecule has 3 aromatic rings. The number of benzene rings is 3. The molecular formula is C23H17NO5. The maximum Gasteiger partial charge on any atom is 0.300 e. The first-order valence-corrected chi connectivity index (χ1v) is 8.92. The highest BCUT2D eigenvalue weighted by Gasteiger charge is 2.47. The van der Waals surface area contributed by atoms with Gasteiger partial charge in [-0.3, -0.25) is 14.5 Å². The largest absolute Gasteiger partial charge is 0.508 e. The van der Waals surface area contributed by atoms with E-state index in [2.05, 4.69) is 0 Å². The quantitative estimate of drug-likeness (QED) is 0.361. The molecule has 29 heavy (non-hydrogen) atoms. The molecule has 3 N–H and O–H groups in total. The van der Waals surface area contributed by atoms with Crippen molar-refractivity contribution in [3.8, 4) is 11.5 Å². The summed E-state index contributed by atoms with van der Waals surface area (Å²) in [6.07, 6.45) is 0. The Kier molecular flexibility index (Phi) is 4.52. The third-order valence-electron chi connectivity index (χ3n) is 4.84. The van der Waals surface area contributed by atoms with Gasteiger partial charge in [0, 0.05) is 5.56 Å². The molecule has 1 unspecified atom stereocenters. The molecule has 1 fully saturated rings. The maximum absolute atomic E-state index is 12.9. The van der Waals surface area contributed by atoms with E-state index in [0.29, 0.717) is 11.1 Å². The Labute approximate surface area is 166 Å². The number of carbonyl (C=O) groups is 2. The van der Waals surface area contributed by atoms with E-state index in [9.17, 15) is 24.9 Å². The molecule has 1 aliphatic heterocycles. The number of para-hydroxylation sites is 2. The molecule has 1 atom stereocenters. The van der Waals surface area contributed by atoms with E-state index in [0.717, 1.165) is 0 Å². The van der Waals surface area contributed by atoms with E-state index in [1.165, 1.54) is 29.2 Å². The summed E-state index contributed by atoms with van der Waals surface area (Å²) in [6.45, 7) is 0. The molecule has 0 spiro atoms. The van der Waals surface area contributed by atoms with Gasteiger partial charge in [0.15, 0.2) is 0 Å². The van der Waals surface area contributed by atoms with Crippen LogP contribution in [0.4, 0.5) is 5.69 Å². The van der Waals surface area contributed by atoms with Crippen LogP contribution in [0.3, 0.4) is 0 Å². The Balaban J connectivity index is 1.97. The average molecular weight is 387 g/mol. The Hall–Kier alpha value is -4.06. The number of hydrogen-bond donors (Lipinski definition) is 3. The predicted molar refractivity (Wildman–Crippen MR) is 107 cm³/mol. The van der Waals surface area contributed by atoms with Crippen LogP contribution in [0, 0.1) is 0 Å². The lowest BCUT2D eigenvalue weighted by Gasteiger charge is -2.26. The van der Waals surface area contributed by atoms with E-state index in [1.807, 2.05) is 0 Å². The summed E-state index contributed by atoms with van der Waals surface area (Å²) in [5, 5.41) is 30.8. The Morgan fingerprint density at radius 1 is 0.793 bits per heavy atom. The third kappa shape index (κ3) is 3.10.